The van der Waals surface area contributed by atoms with E-state index in [0.717, 1.165) is 11.3 Å². The highest BCUT2D eigenvalue weighted by Crippen LogP contribution is 2.03. The Bertz CT molecular complexity index is 569. The molecule has 0 aliphatic carbocycles. The van der Waals surface area contributed by atoms with Gasteiger partial charge in [0.2, 0.25) is 5.91 Å². The second kappa shape index (κ2) is 7.35. The highest BCUT2D eigenvalue weighted by atomic mass is 16.2. The van der Waals surface area contributed by atoms with E-state index < -0.39 is 12.1 Å². The van der Waals surface area contributed by atoms with E-state index in [1.807, 2.05) is 30.3 Å². The van der Waals surface area contributed by atoms with Crippen molar-refractivity contribution < 1.29 is 9.59 Å². The molecule has 1 amide bonds. The van der Waals surface area contributed by atoms with Crippen molar-refractivity contribution >= 4 is 12.2 Å². The van der Waals surface area contributed by atoms with Gasteiger partial charge >= 0.3 is 0 Å². The lowest BCUT2D eigenvalue weighted by Gasteiger charge is -2.16. The van der Waals surface area contributed by atoms with Gasteiger partial charge in [0.1, 0.15) is 6.29 Å². The molecule has 0 aliphatic rings. The van der Waals surface area contributed by atoms with Crippen LogP contribution in [-0.4, -0.2) is 34.2 Å². The lowest BCUT2D eigenvalue weighted by atomic mass is 10.1. The summed E-state index contributed by atoms with van der Waals surface area (Å²) in [5, 5.41) is 2.65. The summed E-state index contributed by atoms with van der Waals surface area (Å²) in [5.74, 6) is -0.338. The largest absolute Gasteiger partial charge is 0.348 e. The number of nitrogens with zero attached hydrogens (tertiary/aromatic N) is 1. The first-order valence-corrected chi connectivity index (χ1v) is 6.71. The van der Waals surface area contributed by atoms with Crippen molar-refractivity contribution in [2.75, 3.05) is 0 Å². The smallest absolute Gasteiger partial charge is 0.237 e. The van der Waals surface area contributed by atoms with Gasteiger partial charge in [0.15, 0.2) is 0 Å². The number of hydrogen-bond acceptors (Lipinski definition) is 4. The molecule has 0 radical (unpaired) electrons. The molecule has 2 aromatic rings. The molecule has 0 bridgehead atoms. The van der Waals surface area contributed by atoms with Gasteiger partial charge < -0.3 is 20.8 Å². The standard InChI is InChI=1S/C15H18N4O2/c16-14(6-11-4-2-1-3-5-11)15(21)19-13(9-20)7-12-8-17-10-18-12/h1-5,8-10,13-14H,6-7,16H2,(H,17,18)(H,19,21)/t13-,14-/m0/s1. The number of benzene rings is 1. The maximum absolute atomic E-state index is 12.0. The predicted octanol–water partition coefficient (Wildman–Crippen LogP) is 0.206. The molecule has 0 saturated carbocycles. The Kier molecular flexibility index (Phi) is 5.22. The molecule has 4 N–H and O–H groups in total. The Hall–Kier alpha value is -2.47. The van der Waals surface area contributed by atoms with E-state index in [4.69, 9.17) is 5.73 Å². The monoisotopic (exact) mass is 286 g/mol. The molecule has 0 unspecified atom stereocenters. The van der Waals surface area contributed by atoms with Gasteiger partial charge in [0.05, 0.1) is 18.4 Å². The van der Waals surface area contributed by atoms with Crippen molar-refractivity contribution in [3.05, 3.63) is 54.1 Å². The average molecular weight is 286 g/mol. The summed E-state index contributed by atoms with van der Waals surface area (Å²) < 4.78 is 0. The average Bonchev–Trinajstić information content (AvgIpc) is 3.00. The Morgan fingerprint density at radius 3 is 2.71 bits per heavy atom. The first-order valence-electron chi connectivity index (χ1n) is 6.71. The molecular formula is C15H18N4O2. The number of rotatable bonds is 7. The second-order valence-electron chi connectivity index (χ2n) is 4.83. The SMILES string of the molecule is N[C@@H](Cc1ccccc1)C(=O)N[C@H](C=O)Cc1cnc[nH]1. The summed E-state index contributed by atoms with van der Waals surface area (Å²) in [6.45, 7) is 0. The number of aromatic amines is 1. The number of aromatic nitrogens is 2. The van der Waals surface area contributed by atoms with E-state index in [9.17, 15) is 9.59 Å². The van der Waals surface area contributed by atoms with Crippen molar-refractivity contribution in [2.45, 2.75) is 24.9 Å². The molecule has 2 atom stereocenters. The van der Waals surface area contributed by atoms with Crippen LogP contribution in [0.1, 0.15) is 11.3 Å². The van der Waals surface area contributed by atoms with Crippen molar-refractivity contribution in [3.8, 4) is 0 Å². The van der Waals surface area contributed by atoms with Crippen LogP contribution in [0, 0.1) is 0 Å². The van der Waals surface area contributed by atoms with Crippen LogP contribution in [0.5, 0.6) is 0 Å². The number of carbonyl (C=O) groups excluding carboxylic acids is 2. The zero-order valence-corrected chi connectivity index (χ0v) is 11.5. The minimum absolute atomic E-state index is 0.338. The van der Waals surface area contributed by atoms with Crippen molar-refractivity contribution in [3.63, 3.8) is 0 Å². The van der Waals surface area contributed by atoms with Crippen LogP contribution in [0.2, 0.25) is 0 Å². The fourth-order valence-corrected chi connectivity index (χ4v) is 2.02. The maximum atomic E-state index is 12.0. The number of imidazole rings is 1. The van der Waals surface area contributed by atoms with Gasteiger partial charge in [-0.15, -0.1) is 0 Å². The lowest BCUT2D eigenvalue weighted by Crippen LogP contribution is -2.47. The first kappa shape index (κ1) is 14.9. The van der Waals surface area contributed by atoms with Crippen LogP contribution in [0.15, 0.2) is 42.9 Å². The summed E-state index contributed by atoms with van der Waals surface area (Å²) in [7, 11) is 0. The Labute approximate surface area is 122 Å². The fraction of sp³-hybridized carbons (Fsp3) is 0.267. The van der Waals surface area contributed by atoms with Gasteiger partial charge in [0, 0.05) is 18.3 Å². The summed E-state index contributed by atoms with van der Waals surface area (Å²) in [5.41, 5.74) is 7.64. The van der Waals surface area contributed by atoms with Gasteiger partial charge in [-0.2, -0.15) is 0 Å². The van der Waals surface area contributed by atoms with E-state index in [0.29, 0.717) is 19.1 Å². The minimum Gasteiger partial charge on any atom is -0.348 e. The molecule has 0 spiro atoms. The summed E-state index contributed by atoms with van der Waals surface area (Å²) in [6, 6.07) is 8.22. The van der Waals surface area contributed by atoms with Gasteiger partial charge in [0.25, 0.3) is 0 Å². The number of nitrogens with one attached hydrogen (secondary N) is 2. The number of aldehydes is 1. The summed E-state index contributed by atoms with van der Waals surface area (Å²) >= 11 is 0. The van der Waals surface area contributed by atoms with Gasteiger partial charge in [-0.25, -0.2) is 4.98 Å². The van der Waals surface area contributed by atoms with E-state index >= 15 is 0 Å². The Morgan fingerprint density at radius 1 is 1.33 bits per heavy atom. The maximum Gasteiger partial charge on any atom is 0.237 e. The molecule has 0 aliphatic heterocycles. The summed E-state index contributed by atoms with van der Waals surface area (Å²) in [6.07, 6.45) is 4.65. The lowest BCUT2D eigenvalue weighted by molar-refractivity contribution is -0.125. The quantitative estimate of drug-likeness (QED) is 0.633. The molecule has 6 nitrogen and oxygen atoms in total. The summed E-state index contributed by atoms with van der Waals surface area (Å²) in [4.78, 5) is 29.8. The van der Waals surface area contributed by atoms with Crippen molar-refractivity contribution in [1.29, 1.82) is 0 Å². The Morgan fingerprint density at radius 2 is 2.10 bits per heavy atom. The molecule has 0 saturated heterocycles. The zero-order chi connectivity index (χ0) is 15.1. The van der Waals surface area contributed by atoms with E-state index in [1.165, 1.54) is 6.33 Å². The van der Waals surface area contributed by atoms with E-state index in [2.05, 4.69) is 15.3 Å². The second-order valence-corrected chi connectivity index (χ2v) is 4.83. The third kappa shape index (κ3) is 4.54. The fourth-order valence-electron chi connectivity index (χ4n) is 2.02. The molecule has 110 valence electrons. The molecule has 6 heteroatoms. The number of amides is 1. The van der Waals surface area contributed by atoms with Crippen LogP contribution >= 0.6 is 0 Å². The minimum atomic E-state index is -0.684. The van der Waals surface area contributed by atoms with Crippen molar-refractivity contribution in [2.24, 2.45) is 5.73 Å². The Balaban J connectivity index is 1.88. The highest BCUT2D eigenvalue weighted by molar-refractivity contribution is 5.84. The molecular weight excluding hydrogens is 268 g/mol. The van der Waals surface area contributed by atoms with E-state index in [1.54, 1.807) is 6.20 Å². The third-order valence-corrected chi connectivity index (χ3v) is 3.12. The molecule has 1 aromatic heterocycles. The molecule has 21 heavy (non-hydrogen) atoms. The molecule has 0 fully saturated rings. The third-order valence-electron chi connectivity index (χ3n) is 3.12. The van der Waals surface area contributed by atoms with E-state index in [-0.39, 0.29) is 5.91 Å². The topological polar surface area (TPSA) is 101 Å². The number of hydrogen-bond donors (Lipinski definition) is 3. The van der Waals surface area contributed by atoms with Gasteiger partial charge in [-0.05, 0) is 12.0 Å². The molecule has 1 aromatic carbocycles. The first-order chi connectivity index (χ1) is 10.2. The number of carbonyl (C=O) groups is 2. The molecule has 2 rings (SSSR count). The number of nitrogens with two attached hydrogens (primary N) is 1. The van der Waals surface area contributed by atoms with Crippen LogP contribution in [0.4, 0.5) is 0 Å². The molecule has 1 heterocycles. The van der Waals surface area contributed by atoms with Gasteiger partial charge in [-0.1, -0.05) is 30.3 Å². The van der Waals surface area contributed by atoms with Crippen LogP contribution in [-0.2, 0) is 22.4 Å². The van der Waals surface area contributed by atoms with Crippen LogP contribution < -0.4 is 11.1 Å². The normalized spacial score (nSPS) is 13.4. The van der Waals surface area contributed by atoms with Crippen LogP contribution in [0.25, 0.3) is 0 Å². The highest BCUT2D eigenvalue weighted by Gasteiger charge is 2.18. The number of H-pyrrole nitrogens is 1. The van der Waals surface area contributed by atoms with Crippen molar-refractivity contribution in [1.82, 2.24) is 15.3 Å². The van der Waals surface area contributed by atoms with Crippen LogP contribution in [0.3, 0.4) is 0 Å². The van der Waals surface area contributed by atoms with Gasteiger partial charge in [-0.3, -0.25) is 4.79 Å². The zero-order valence-electron chi connectivity index (χ0n) is 11.5. The predicted molar refractivity (Wildman–Crippen MR) is 78.4 cm³/mol.